The number of sulfonamides is 1. The van der Waals surface area contributed by atoms with E-state index in [-0.39, 0.29) is 41.7 Å². The fraction of sp³-hybridized carbons (Fsp3) is 0.577. The Hall–Kier alpha value is -1.87. The van der Waals surface area contributed by atoms with Crippen molar-refractivity contribution in [3.63, 3.8) is 0 Å². The van der Waals surface area contributed by atoms with Crippen LogP contribution in [0.3, 0.4) is 0 Å². The molecular formula is C26H32F3N3O5S2. The van der Waals surface area contributed by atoms with Crippen molar-refractivity contribution in [2.75, 3.05) is 44.3 Å². The summed E-state index contributed by atoms with van der Waals surface area (Å²) in [6.45, 7) is 2.61. The molecule has 13 heteroatoms. The molecule has 5 rings (SSSR count). The second kappa shape index (κ2) is 10.5. The molecule has 3 aliphatic heterocycles. The van der Waals surface area contributed by atoms with Gasteiger partial charge in [-0.2, -0.15) is 17.5 Å². The van der Waals surface area contributed by atoms with Crippen LogP contribution < -0.4 is 4.90 Å². The molecular weight excluding hydrogens is 555 g/mol. The van der Waals surface area contributed by atoms with E-state index in [0.29, 0.717) is 56.6 Å². The van der Waals surface area contributed by atoms with Crippen molar-refractivity contribution in [2.24, 2.45) is 0 Å². The van der Waals surface area contributed by atoms with Gasteiger partial charge in [-0.1, -0.05) is 36.5 Å². The minimum Gasteiger partial charge on any atom is -0.391 e. The van der Waals surface area contributed by atoms with Crippen LogP contribution in [0.15, 0.2) is 47.4 Å². The zero-order valence-corrected chi connectivity index (χ0v) is 23.1. The van der Waals surface area contributed by atoms with Gasteiger partial charge in [0, 0.05) is 49.2 Å². The topological polar surface area (TPSA) is 93.6 Å². The first-order valence-corrected chi connectivity index (χ1v) is 14.7. The summed E-state index contributed by atoms with van der Waals surface area (Å²) >= 11 is 5.34. The van der Waals surface area contributed by atoms with E-state index in [9.17, 15) is 31.8 Å². The van der Waals surface area contributed by atoms with E-state index in [0.717, 1.165) is 0 Å². The molecule has 0 spiro atoms. The van der Waals surface area contributed by atoms with Gasteiger partial charge in [-0.25, -0.2) is 8.42 Å². The third-order valence-electron chi connectivity index (χ3n) is 8.21. The van der Waals surface area contributed by atoms with Crippen LogP contribution in [0.4, 0.5) is 18.9 Å². The first-order chi connectivity index (χ1) is 18.3. The number of hydrogen-bond acceptors (Lipinski definition) is 8. The maximum atomic E-state index is 13.6. The summed E-state index contributed by atoms with van der Waals surface area (Å²) < 4.78 is 74.3. The van der Waals surface area contributed by atoms with Crippen LogP contribution in [0, 0.1) is 0 Å². The van der Waals surface area contributed by atoms with Gasteiger partial charge in [-0.15, -0.1) is 0 Å². The molecule has 0 saturated carbocycles. The fourth-order valence-corrected chi connectivity index (χ4v) is 7.93. The molecule has 0 aromatic heterocycles. The summed E-state index contributed by atoms with van der Waals surface area (Å²) in [6.07, 6.45) is 0.571. The number of alkyl halides is 3. The Morgan fingerprint density at radius 3 is 2.51 bits per heavy atom. The second-order valence-electron chi connectivity index (χ2n) is 10.7. The van der Waals surface area contributed by atoms with E-state index in [4.69, 9.17) is 17.0 Å². The fourth-order valence-electron chi connectivity index (χ4n) is 5.86. The molecule has 2 bridgehead atoms. The molecule has 1 aromatic rings. The Morgan fingerprint density at radius 1 is 1.15 bits per heavy atom. The summed E-state index contributed by atoms with van der Waals surface area (Å²) in [7, 11) is -3.85. The lowest BCUT2D eigenvalue weighted by molar-refractivity contribution is -0.258. The normalized spacial score (nSPS) is 30.4. The predicted octanol–water partition coefficient (Wildman–Crippen LogP) is 2.32. The summed E-state index contributed by atoms with van der Waals surface area (Å²) in [5, 5.41) is 20.6. The molecule has 0 amide bonds. The van der Waals surface area contributed by atoms with Gasteiger partial charge in [0.2, 0.25) is 10.0 Å². The van der Waals surface area contributed by atoms with Crippen molar-refractivity contribution in [3.05, 3.63) is 53.0 Å². The number of morpholine rings is 1. The number of ether oxygens (including phenoxy) is 1. The first-order valence-electron chi connectivity index (χ1n) is 12.9. The number of aliphatic hydroxyl groups excluding tert-OH is 1. The van der Waals surface area contributed by atoms with Crippen LogP contribution in [0.5, 0.6) is 0 Å². The number of aliphatic hydroxyl groups is 2. The van der Waals surface area contributed by atoms with E-state index in [1.807, 2.05) is 4.90 Å². The number of anilines is 1. The van der Waals surface area contributed by atoms with E-state index in [1.165, 1.54) is 34.6 Å². The quantitative estimate of drug-likeness (QED) is 0.490. The number of nitrogens with zero attached hydrogens (tertiary/aromatic N) is 3. The lowest BCUT2D eigenvalue weighted by Crippen LogP contribution is -2.61. The molecule has 5 atom stereocenters. The summed E-state index contributed by atoms with van der Waals surface area (Å²) in [5.41, 5.74) is -2.66. The van der Waals surface area contributed by atoms with Gasteiger partial charge in [0.1, 0.15) is 0 Å². The molecule has 3 fully saturated rings. The van der Waals surface area contributed by atoms with Crippen LogP contribution in [0.25, 0.3) is 0 Å². The minimum absolute atomic E-state index is 0.00407. The third kappa shape index (κ3) is 5.30. The summed E-state index contributed by atoms with van der Waals surface area (Å²) in [5.74, 6) is 0. The Morgan fingerprint density at radius 2 is 1.87 bits per heavy atom. The minimum atomic E-state index is -4.84. The van der Waals surface area contributed by atoms with Crippen LogP contribution in [-0.2, 0) is 20.4 Å². The highest BCUT2D eigenvalue weighted by molar-refractivity contribution is 7.96. The number of allylic oxidation sites excluding steroid dienone is 4. The van der Waals surface area contributed by atoms with Crippen LogP contribution in [-0.4, -0.2) is 102 Å². The maximum Gasteiger partial charge on any atom is 0.421 e. The molecule has 1 aliphatic carbocycles. The highest BCUT2D eigenvalue weighted by atomic mass is 32.2. The maximum absolute atomic E-state index is 13.6. The summed E-state index contributed by atoms with van der Waals surface area (Å²) in [6, 6.07) is 4.99. The van der Waals surface area contributed by atoms with Gasteiger partial charge in [-0.05, 0) is 37.1 Å². The molecule has 1 aromatic carbocycles. The van der Waals surface area contributed by atoms with E-state index in [1.54, 1.807) is 12.2 Å². The lowest BCUT2D eigenvalue weighted by Gasteiger charge is -2.46. The second-order valence-corrected chi connectivity index (χ2v) is 13.1. The monoisotopic (exact) mass is 587 g/mol. The zero-order valence-electron chi connectivity index (χ0n) is 21.4. The van der Waals surface area contributed by atoms with Crippen molar-refractivity contribution in [2.45, 2.75) is 55.8 Å². The molecule has 214 valence electrons. The van der Waals surface area contributed by atoms with Crippen LogP contribution in [0.1, 0.15) is 25.3 Å². The molecule has 39 heavy (non-hydrogen) atoms. The first kappa shape index (κ1) is 28.7. The van der Waals surface area contributed by atoms with Gasteiger partial charge in [0.25, 0.3) is 0 Å². The largest absolute Gasteiger partial charge is 0.421 e. The van der Waals surface area contributed by atoms with Crippen molar-refractivity contribution < 1.29 is 36.5 Å². The molecule has 0 unspecified atom stereocenters. The molecule has 3 saturated heterocycles. The molecule has 2 N–H and O–H groups in total. The van der Waals surface area contributed by atoms with E-state index in [2.05, 4.69) is 4.90 Å². The highest BCUT2D eigenvalue weighted by Crippen LogP contribution is 2.39. The highest BCUT2D eigenvalue weighted by Gasteiger charge is 2.51. The lowest BCUT2D eigenvalue weighted by atomic mass is 9.95. The van der Waals surface area contributed by atoms with Gasteiger partial charge < -0.3 is 19.8 Å². The summed E-state index contributed by atoms with van der Waals surface area (Å²) in [4.78, 5) is 4.64. The number of thiocarbonyl (C=S) groups is 1. The predicted molar refractivity (Wildman–Crippen MR) is 144 cm³/mol. The Bertz CT molecular complexity index is 1270. The zero-order chi connectivity index (χ0) is 28.2. The van der Waals surface area contributed by atoms with Gasteiger partial charge in [-0.3, -0.25) is 4.90 Å². The average molecular weight is 588 g/mol. The average Bonchev–Trinajstić information content (AvgIpc) is 3.04. The number of halogens is 3. The Labute approximate surface area is 231 Å². The number of piperazine rings is 1. The van der Waals surface area contributed by atoms with Gasteiger partial charge in [0.05, 0.1) is 36.3 Å². The number of rotatable bonds is 6. The molecule has 4 aliphatic rings. The number of benzene rings is 1. The molecule has 0 radical (unpaired) electrons. The van der Waals surface area contributed by atoms with Crippen molar-refractivity contribution >= 4 is 32.8 Å². The number of hydrogen-bond donors (Lipinski definition) is 2. The molecule has 3 heterocycles. The van der Waals surface area contributed by atoms with Crippen LogP contribution >= 0.6 is 12.2 Å². The van der Waals surface area contributed by atoms with E-state index < -0.39 is 27.9 Å². The SMILES string of the molecule is C[C@](O)(c1ccc(N2CCN(S(=O)(=O)C3=CC=CCC3=S)C[C@@H]2CN2[C@H]3COC[C@@H]2[C@@H](O)C3)cc1)C(F)(F)F. The standard InChI is InChI=1S/C26H32F3N3O5S2/c1-25(34,26(27,28)29)17-6-8-18(9-7-17)31-11-10-30(39(35,36)24-5-3-2-4-23(24)38)13-20(31)14-32-19-12-22(33)21(32)16-37-15-19/h2-3,5-9,19-22,33-34H,4,10-16H2,1H3/t19-,20-,21-,22+,25+/m1/s1. The van der Waals surface area contributed by atoms with Gasteiger partial charge in [0.15, 0.2) is 5.60 Å². The Kier molecular flexibility index (Phi) is 7.72. The Balaban J connectivity index is 1.43. The van der Waals surface area contributed by atoms with E-state index >= 15 is 0 Å². The van der Waals surface area contributed by atoms with Crippen molar-refractivity contribution in [3.8, 4) is 0 Å². The smallest absolute Gasteiger partial charge is 0.391 e. The number of fused-ring (bicyclic) bond motifs is 2. The third-order valence-corrected chi connectivity index (χ3v) is 10.7. The van der Waals surface area contributed by atoms with Crippen molar-refractivity contribution in [1.29, 1.82) is 0 Å². The van der Waals surface area contributed by atoms with Crippen molar-refractivity contribution in [1.82, 2.24) is 9.21 Å². The van der Waals surface area contributed by atoms with Gasteiger partial charge >= 0.3 is 6.18 Å². The molecule has 8 nitrogen and oxygen atoms in total. The van der Waals surface area contributed by atoms with Crippen LogP contribution in [0.2, 0.25) is 0 Å².